The van der Waals surface area contributed by atoms with Crippen LogP contribution in [0, 0.1) is 13.8 Å². The topological polar surface area (TPSA) is 63.8 Å². The molecule has 0 aliphatic heterocycles. The van der Waals surface area contributed by atoms with Crippen molar-refractivity contribution in [3.63, 3.8) is 0 Å². The molecule has 2 aromatic heterocycles. The summed E-state index contributed by atoms with van der Waals surface area (Å²) in [7, 11) is 0. The lowest BCUT2D eigenvalue weighted by atomic mass is 10.1. The van der Waals surface area contributed by atoms with E-state index in [0.29, 0.717) is 0 Å². The van der Waals surface area contributed by atoms with Gasteiger partial charge in [-0.3, -0.25) is 9.55 Å². The van der Waals surface area contributed by atoms with Gasteiger partial charge < -0.3 is 5.11 Å². The second kappa shape index (κ2) is 7.59. The zero-order valence-electron chi connectivity index (χ0n) is 13.8. The van der Waals surface area contributed by atoms with Crippen LogP contribution in [-0.4, -0.2) is 37.2 Å². The molecule has 5 nitrogen and oxygen atoms in total. The van der Waals surface area contributed by atoms with Crippen LogP contribution >= 0.6 is 11.8 Å². The number of pyridine rings is 1. The van der Waals surface area contributed by atoms with Gasteiger partial charge in [0.05, 0.1) is 5.69 Å². The van der Waals surface area contributed by atoms with Gasteiger partial charge in [-0.2, -0.15) is 0 Å². The van der Waals surface area contributed by atoms with Gasteiger partial charge in [0.25, 0.3) is 0 Å². The van der Waals surface area contributed by atoms with Crippen molar-refractivity contribution in [3.8, 4) is 17.2 Å². The van der Waals surface area contributed by atoms with E-state index in [1.54, 1.807) is 18.0 Å². The minimum atomic E-state index is 0.178. The summed E-state index contributed by atoms with van der Waals surface area (Å²) < 4.78 is 2.05. The number of rotatable bonds is 6. The molecule has 0 spiro atoms. The SMILES string of the molecule is Cc1ccc(-n2c(SCCCO)nnc2-c2ccccn2)c(C)c1. The van der Waals surface area contributed by atoms with E-state index >= 15 is 0 Å². The summed E-state index contributed by atoms with van der Waals surface area (Å²) in [5.74, 6) is 1.52. The molecule has 0 aliphatic carbocycles. The van der Waals surface area contributed by atoms with Crippen LogP contribution in [0.3, 0.4) is 0 Å². The Morgan fingerprint density at radius 2 is 2.00 bits per heavy atom. The molecule has 0 saturated heterocycles. The Bertz CT molecular complexity index is 817. The molecule has 0 fully saturated rings. The first-order valence-corrected chi connectivity index (χ1v) is 8.87. The monoisotopic (exact) mass is 340 g/mol. The molecule has 0 amide bonds. The van der Waals surface area contributed by atoms with Crippen LogP contribution in [0.5, 0.6) is 0 Å². The molecule has 0 atom stereocenters. The fourth-order valence-electron chi connectivity index (χ4n) is 2.53. The van der Waals surface area contributed by atoms with Crippen LogP contribution in [-0.2, 0) is 0 Å². The first-order chi connectivity index (χ1) is 11.7. The molecule has 1 aromatic carbocycles. The third-order valence-corrected chi connectivity index (χ3v) is 4.67. The van der Waals surface area contributed by atoms with Crippen molar-refractivity contribution in [1.82, 2.24) is 19.7 Å². The highest BCUT2D eigenvalue weighted by Crippen LogP contribution is 2.29. The fraction of sp³-hybridized carbons (Fsp3) is 0.278. The van der Waals surface area contributed by atoms with Crippen molar-refractivity contribution in [2.45, 2.75) is 25.4 Å². The average molecular weight is 340 g/mol. The minimum absolute atomic E-state index is 0.178. The van der Waals surface area contributed by atoms with Crippen molar-refractivity contribution in [3.05, 3.63) is 53.7 Å². The summed E-state index contributed by atoms with van der Waals surface area (Å²) in [5.41, 5.74) is 4.23. The Hall–Kier alpha value is -2.18. The molecule has 0 aliphatic rings. The van der Waals surface area contributed by atoms with E-state index in [4.69, 9.17) is 5.11 Å². The molecule has 0 saturated carbocycles. The minimum Gasteiger partial charge on any atom is -0.396 e. The number of aromatic nitrogens is 4. The predicted octanol–water partition coefficient (Wildman–Crippen LogP) is 3.42. The Kier molecular flexibility index (Phi) is 5.27. The summed E-state index contributed by atoms with van der Waals surface area (Å²) >= 11 is 1.60. The van der Waals surface area contributed by atoms with E-state index in [0.717, 1.165) is 40.1 Å². The number of benzene rings is 1. The standard InChI is InChI=1S/C18H20N4OS/c1-13-7-8-16(14(2)12-13)22-17(15-6-3-4-9-19-15)20-21-18(22)24-11-5-10-23/h3-4,6-9,12,23H,5,10-11H2,1-2H3. The normalized spacial score (nSPS) is 11.0. The lowest BCUT2D eigenvalue weighted by Gasteiger charge is -2.13. The molecule has 0 bridgehead atoms. The Morgan fingerprint density at radius 1 is 1.12 bits per heavy atom. The number of thioether (sulfide) groups is 1. The van der Waals surface area contributed by atoms with E-state index in [1.165, 1.54) is 5.56 Å². The van der Waals surface area contributed by atoms with Crippen molar-refractivity contribution in [2.24, 2.45) is 0 Å². The molecule has 3 rings (SSSR count). The molecule has 24 heavy (non-hydrogen) atoms. The van der Waals surface area contributed by atoms with E-state index in [2.05, 4.69) is 51.8 Å². The molecular formula is C18H20N4OS. The van der Waals surface area contributed by atoms with Gasteiger partial charge in [0.1, 0.15) is 5.69 Å². The van der Waals surface area contributed by atoms with Crippen LogP contribution in [0.2, 0.25) is 0 Å². The number of hydrogen-bond acceptors (Lipinski definition) is 5. The van der Waals surface area contributed by atoms with Crippen molar-refractivity contribution < 1.29 is 5.11 Å². The average Bonchev–Trinajstić information content (AvgIpc) is 3.00. The third kappa shape index (κ3) is 3.49. The molecule has 2 heterocycles. The Labute approximate surface area is 145 Å². The van der Waals surface area contributed by atoms with Gasteiger partial charge in [-0.25, -0.2) is 0 Å². The van der Waals surface area contributed by atoms with Crippen molar-refractivity contribution >= 4 is 11.8 Å². The lowest BCUT2D eigenvalue weighted by molar-refractivity contribution is 0.296. The molecular weight excluding hydrogens is 320 g/mol. The largest absolute Gasteiger partial charge is 0.396 e. The summed E-state index contributed by atoms with van der Waals surface area (Å²) in [4.78, 5) is 4.42. The quantitative estimate of drug-likeness (QED) is 0.550. The van der Waals surface area contributed by atoms with Gasteiger partial charge >= 0.3 is 0 Å². The van der Waals surface area contributed by atoms with Gasteiger partial charge in [0.15, 0.2) is 11.0 Å². The van der Waals surface area contributed by atoms with Gasteiger partial charge in [-0.15, -0.1) is 10.2 Å². The van der Waals surface area contributed by atoms with Crippen molar-refractivity contribution in [2.75, 3.05) is 12.4 Å². The maximum atomic E-state index is 9.02. The highest BCUT2D eigenvalue weighted by Gasteiger charge is 2.18. The predicted molar refractivity (Wildman–Crippen MR) is 96.5 cm³/mol. The van der Waals surface area contributed by atoms with Crippen molar-refractivity contribution in [1.29, 1.82) is 0 Å². The summed E-state index contributed by atoms with van der Waals surface area (Å²) in [6.07, 6.45) is 2.48. The van der Waals surface area contributed by atoms with Gasteiger partial charge in [-0.1, -0.05) is 35.5 Å². The number of aliphatic hydroxyl groups excluding tert-OH is 1. The highest BCUT2D eigenvalue weighted by molar-refractivity contribution is 7.99. The number of hydrogen-bond donors (Lipinski definition) is 1. The summed E-state index contributed by atoms with van der Waals surface area (Å²) in [6, 6.07) is 12.1. The van der Waals surface area contributed by atoms with Crippen LogP contribution in [0.15, 0.2) is 47.8 Å². The zero-order valence-corrected chi connectivity index (χ0v) is 14.6. The van der Waals surface area contributed by atoms with E-state index < -0.39 is 0 Å². The van der Waals surface area contributed by atoms with E-state index in [-0.39, 0.29) is 6.61 Å². The maximum absolute atomic E-state index is 9.02. The Balaban J connectivity index is 2.10. The number of nitrogens with zero attached hydrogens (tertiary/aromatic N) is 4. The second-order valence-corrected chi connectivity index (χ2v) is 6.63. The molecule has 0 radical (unpaired) electrons. The smallest absolute Gasteiger partial charge is 0.196 e. The van der Waals surface area contributed by atoms with Crippen LogP contribution in [0.4, 0.5) is 0 Å². The zero-order chi connectivity index (χ0) is 16.9. The van der Waals surface area contributed by atoms with E-state index in [1.807, 2.05) is 18.2 Å². The second-order valence-electron chi connectivity index (χ2n) is 5.57. The molecule has 124 valence electrons. The molecule has 0 unspecified atom stereocenters. The molecule has 6 heteroatoms. The van der Waals surface area contributed by atoms with Gasteiger partial charge in [0, 0.05) is 18.6 Å². The maximum Gasteiger partial charge on any atom is 0.196 e. The number of aliphatic hydroxyl groups is 1. The third-order valence-electron chi connectivity index (χ3n) is 3.65. The first kappa shape index (κ1) is 16.7. The number of aryl methyl sites for hydroxylation is 2. The molecule has 3 aromatic rings. The Morgan fingerprint density at radius 3 is 2.71 bits per heavy atom. The van der Waals surface area contributed by atoms with E-state index in [9.17, 15) is 0 Å². The first-order valence-electron chi connectivity index (χ1n) is 7.89. The van der Waals surface area contributed by atoms with Crippen LogP contribution < -0.4 is 0 Å². The summed E-state index contributed by atoms with van der Waals surface area (Å²) in [6.45, 7) is 4.35. The lowest BCUT2D eigenvalue weighted by Crippen LogP contribution is -2.03. The van der Waals surface area contributed by atoms with Gasteiger partial charge in [0.2, 0.25) is 0 Å². The highest BCUT2D eigenvalue weighted by atomic mass is 32.2. The fourth-order valence-corrected chi connectivity index (χ4v) is 3.39. The van der Waals surface area contributed by atoms with Crippen LogP contribution in [0.25, 0.3) is 17.2 Å². The summed E-state index contributed by atoms with van der Waals surface area (Å²) in [5, 5.41) is 18.6. The van der Waals surface area contributed by atoms with Gasteiger partial charge in [-0.05, 0) is 44.0 Å². The van der Waals surface area contributed by atoms with Crippen LogP contribution in [0.1, 0.15) is 17.5 Å². The molecule has 1 N–H and O–H groups in total.